The molecule has 0 aliphatic carbocycles. The van der Waals surface area contributed by atoms with Gasteiger partial charge in [-0.3, -0.25) is 4.79 Å². The molecule has 1 aromatic rings. The Hall–Kier alpha value is -1.38. The van der Waals surface area contributed by atoms with Crippen LogP contribution in [0.4, 0.5) is 5.00 Å². The summed E-state index contributed by atoms with van der Waals surface area (Å²) < 4.78 is 0. The number of nitrogens with zero attached hydrogens (tertiary/aromatic N) is 1. The van der Waals surface area contributed by atoms with Crippen molar-refractivity contribution >= 4 is 22.2 Å². The van der Waals surface area contributed by atoms with Crippen molar-refractivity contribution in [2.75, 3.05) is 11.9 Å². The van der Waals surface area contributed by atoms with E-state index in [0.717, 1.165) is 19.4 Å². The van der Waals surface area contributed by atoms with Crippen LogP contribution in [0.3, 0.4) is 0 Å². The van der Waals surface area contributed by atoms with E-state index >= 15 is 0 Å². The first kappa shape index (κ1) is 11.1. The smallest absolute Gasteiger partial charge is 0.245 e. The maximum atomic E-state index is 12.0. The van der Waals surface area contributed by atoms with Crippen molar-refractivity contribution in [1.29, 1.82) is 5.26 Å². The van der Waals surface area contributed by atoms with Gasteiger partial charge < -0.3 is 10.6 Å². The van der Waals surface area contributed by atoms with E-state index in [-0.39, 0.29) is 5.91 Å². The van der Waals surface area contributed by atoms with Gasteiger partial charge in [0, 0.05) is 0 Å². The number of nitrogens with one attached hydrogen (secondary N) is 2. The minimum Gasteiger partial charge on any atom is -0.315 e. The highest BCUT2D eigenvalue weighted by atomic mass is 32.1. The van der Waals surface area contributed by atoms with Crippen molar-refractivity contribution in [3.63, 3.8) is 0 Å². The Labute approximate surface area is 98.3 Å². The van der Waals surface area contributed by atoms with E-state index in [0.29, 0.717) is 10.6 Å². The number of amides is 1. The van der Waals surface area contributed by atoms with Gasteiger partial charge in [0.2, 0.25) is 5.91 Å². The summed E-state index contributed by atoms with van der Waals surface area (Å²) in [4.78, 5) is 12.0. The van der Waals surface area contributed by atoms with E-state index < -0.39 is 5.54 Å². The van der Waals surface area contributed by atoms with E-state index in [9.17, 15) is 4.79 Å². The first-order valence-corrected chi connectivity index (χ1v) is 6.08. The largest absolute Gasteiger partial charge is 0.315 e. The number of hydrogen-bond donors (Lipinski definition) is 2. The fourth-order valence-corrected chi connectivity index (χ4v) is 2.56. The van der Waals surface area contributed by atoms with Gasteiger partial charge >= 0.3 is 0 Å². The molecule has 4 nitrogen and oxygen atoms in total. The van der Waals surface area contributed by atoms with Crippen LogP contribution in [0.15, 0.2) is 11.4 Å². The second-order valence-electron chi connectivity index (χ2n) is 4.09. The number of thiophene rings is 1. The first-order chi connectivity index (χ1) is 7.65. The summed E-state index contributed by atoms with van der Waals surface area (Å²) in [5.41, 5.74) is 0.0384. The Bertz CT molecular complexity index is 440. The molecule has 0 radical (unpaired) electrons. The molecule has 16 heavy (non-hydrogen) atoms. The summed E-state index contributed by atoms with van der Waals surface area (Å²) >= 11 is 1.38. The van der Waals surface area contributed by atoms with Crippen LogP contribution in [-0.4, -0.2) is 18.0 Å². The molecule has 2 N–H and O–H groups in total. The van der Waals surface area contributed by atoms with E-state index in [1.54, 1.807) is 11.4 Å². The third-order valence-electron chi connectivity index (χ3n) is 2.88. The van der Waals surface area contributed by atoms with Crippen molar-refractivity contribution in [2.24, 2.45) is 0 Å². The molecule has 1 fully saturated rings. The highest BCUT2D eigenvalue weighted by Crippen LogP contribution is 2.25. The van der Waals surface area contributed by atoms with E-state index in [1.807, 2.05) is 6.92 Å². The lowest BCUT2D eigenvalue weighted by Gasteiger charge is -2.22. The summed E-state index contributed by atoms with van der Waals surface area (Å²) in [5.74, 6) is -0.0519. The van der Waals surface area contributed by atoms with E-state index in [4.69, 9.17) is 5.26 Å². The Balaban J connectivity index is 2.11. The standard InChI is InChI=1S/C11H13N3OS/c1-11(4-2-5-13-11)10(15)14-9-8(7-12)3-6-16-9/h3,6,13H,2,4-5H2,1H3,(H,14,15). The number of carbonyl (C=O) groups is 1. The highest BCUT2D eigenvalue weighted by Gasteiger charge is 2.36. The average molecular weight is 235 g/mol. The molecule has 0 spiro atoms. The molecular weight excluding hydrogens is 222 g/mol. The van der Waals surface area contributed by atoms with Crippen molar-refractivity contribution in [1.82, 2.24) is 5.32 Å². The summed E-state index contributed by atoms with van der Waals surface area (Å²) in [5, 5.41) is 17.3. The minimum atomic E-state index is -0.489. The lowest BCUT2D eigenvalue weighted by Crippen LogP contribution is -2.47. The van der Waals surface area contributed by atoms with Crippen LogP contribution in [0.2, 0.25) is 0 Å². The molecule has 1 aliphatic rings. The van der Waals surface area contributed by atoms with Crippen LogP contribution in [0.5, 0.6) is 0 Å². The number of anilines is 1. The van der Waals surface area contributed by atoms with Gasteiger partial charge in [-0.25, -0.2) is 0 Å². The molecule has 1 saturated heterocycles. The third-order valence-corrected chi connectivity index (χ3v) is 3.71. The monoisotopic (exact) mass is 235 g/mol. The molecule has 2 rings (SSSR count). The summed E-state index contributed by atoms with van der Waals surface area (Å²) in [6, 6.07) is 3.77. The van der Waals surface area contributed by atoms with Crippen LogP contribution in [0.25, 0.3) is 0 Å². The Morgan fingerprint density at radius 1 is 1.75 bits per heavy atom. The van der Waals surface area contributed by atoms with Gasteiger partial charge in [-0.05, 0) is 37.8 Å². The molecule has 1 atom stereocenters. The fraction of sp³-hybridized carbons (Fsp3) is 0.455. The minimum absolute atomic E-state index is 0.0519. The molecule has 0 bridgehead atoms. The maximum absolute atomic E-state index is 12.0. The first-order valence-electron chi connectivity index (χ1n) is 5.20. The van der Waals surface area contributed by atoms with Gasteiger partial charge in [0.25, 0.3) is 0 Å². The molecule has 0 aromatic carbocycles. The molecule has 1 unspecified atom stereocenters. The molecule has 84 valence electrons. The highest BCUT2D eigenvalue weighted by molar-refractivity contribution is 7.14. The van der Waals surface area contributed by atoms with Crippen LogP contribution in [0.1, 0.15) is 25.3 Å². The Morgan fingerprint density at radius 2 is 2.56 bits per heavy atom. The average Bonchev–Trinajstić information content (AvgIpc) is 2.87. The summed E-state index contributed by atoms with van der Waals surface area (Å²) in [6.07, 6.45) is 1.85. The van der Waals surface area contributed by atoms with Crippen molar-refractivity contribution in [2.45, 2.75) is 25.3 Å². The summed E-state index contributed by atoms with van der Waals surface area (Å²) in [7, 11) is 0. The van der Waals surface area contributed by atoms with Gasteiger partial charge in [-0.2, -0.15) is 5.26 Å². The van der Waals surface area contributed by atoms with Crippen molar-refractivity contribution in [3.05, 3.63) is 17.0 Å². The van der Waals surface area contributed by atoms with Crippen molar-refractivity contribution < 1.29 is 4.79 Å². The predicted octanol–water partition coefficient (Wildman–Crippen LogP) is 1.70. The van der Waals surface area contributed by atoms with Crippen LogP contribution in [0, 0.1) is 11.3 Å². The molecule has 2 heterocycles. The molecule has 1 amide bonds. The van der Waals surface area contributed by atoms with Gasteiger partial charge in [-0.15, -0.1) is 11.3 Å². The number of carbonyl (C=O) groups excluding carboxylic acids is 1. The molecule has 1 aliphatic heterocycles. The maximum Gasteiger partial charge on any atom is 0.245 e. The van der Waals surface area contributed by atoms with Gasteiger partial charge in [-0.1, -0.05) is 0 Å². The second kappa shape index (κ2) is 4.24. The van der Waals surface area contributed by atoms with Gasteiger partial charge in [0.05, 0.1) is 11.1 Å². The van der Waals surface area contributed by atoms with Crippen molar-refractivity contribution in [3.8, 4) is 6.07 Å². The zero-order valence-corrected chi connectivity index (χ0v) is 9.86. The van der Waals surface area contributed by atoms with Crippen LogP contribution in [-0.2, 0) is 4.79 Å². The number of nitriles is 1. The van der Waals surface area contributed by atoms with E-state index in [2.05, 4.69) is 16.7 Å². The molecule has 5 heteroatoms. The molecular formula is C11H13N3OS. The lowest BCUT2D eigenvalue weighted by molar-refractivity contribution is -0.121. The predicted molar refractivity (Wildman–Crippen MR) is 63.3 cm³/mol. The molecule has 1 aromatic heterocycles. The fourth-order valence-electron chi connectivity index (χ4n) is 1.82. The quantitative estimate of drug-likeness (QED) is 0.820. The Kier molecular flexibility index (Phi) is 2.95. The van der Waals surface area contributed by atoms with Gasteiger partial charge in [0.15, 0.2) is 0 Å². The van der Waals surface area contributed by atoms with Crippen LogP contribution >= 0.6 is 11.3 Å². The third kappa shape index (κ3) is 1.94. The second-order valence-corrected chi connectivity index (χ2v) is 5.01. The lowest BCUT2D eigenvalue weighted by atomic mass is 9.99. The van der Waals surface area contributed by atoms with Crippen LogP contribution < -0.4 is 10.6 Å². The van der Waals surface area contributed by atoms with E-state index in [1.165, 1.54) is 11.3 Å². The zero-order chi connectivity index (χ0) is 11.6. The number of rotatable bonds is 2. The molecule has 0 saturated carbocycles. The zero-order valence-electron chi connectivity index (χ0n) is 9.04. The normalized spacial score (nSPS) is 24.0. The number of hydrogen-bond acceptors (Lipinski definition) is 4. The SMILES string of the molecule is CC1(C(=O)Nc2sccc2C#N)CCCN1. The topological polar surface area (TPSA) is 64.9 Å². The van der Waals surface area contributed by atoms with Gasteiger partial charge in [0.1, 0.15) is 11.1 Å². The summed E-state index contributed by atoms with van der Waals surface area (Å²) in [6.45, 7) is 2.77. The Morgan fingerprint density at radius 3 is 3.19 bits per heavy atom.